The summed E-state index contributed by atoms with van der Waals surface area (Å²) in [6.07, 6.45) is 1.13. The molecule has 0 fully saturated rings. The van der Waals surface area contributed by atoms with Gasteiger partial charge in [0.2, 0.25) is 0 Å². The van der Waals surface area contributed by atoms with Crippen molar-refractivity contribution < 1.29 is 14.6 Å². The highest BCUT2D eigenvalue weighted by atomic mass is 19.1. The van der Waals surface area contributed by atoms with E-state index in [-0.39, 0.29) is 18.5 Å². The molecule has 1 atom stereocenters. The third-order valence-corrected chi connectivity index (χ3v) is 3.79. The normalized spacial score (nSPS) is 12.8. The Morgan fingerprint density at radius 1 is 1.25 bits per heavy atom. The maximum absolute atomic E-state index is 13.8. The highest BCUT2D eigenvalue weighted by Crippen LogP contribution is 2.31. The lowest BCUT2D eigenvalue weighted by Crippen LogP contribution is -2.37. The van der Waals surface area contributed by atoms with Crippen molar-refractivity contribution in [3.8, 4) is 0 Å². The molecule has 0 aromatic heterocycles. The largest absolute Gasteiger partial charge is 0.395 e. The number of anilines is 1. The summed E-state index contributed by atoms with van der Waals surface area (Å²) in [5.41, 5.74) is 1.95. The zero-order valence-corrected chi connectivity index (χ0v) is 12.9. The smallest absolute Gasteiger partial charge is 0.126 e. The SMILES string of the molecule is CCC(CC)N(CCO)c1cc(C)c(F)cc1C(C)O. The summed E-state index contributed by atoms with van der Waals surface area (Å²) in [7, 11) is 0. The maximum Gasteiger partial charge on any atom is 0.126 e. The van der Waals surface area contributed by atoms with E-state index in [0.717, 1.165) is 18.5 Å². The first kappa shape index (κ1) is 16.9. The monoisotopic (exact) mass is 283 g/mol. The summed E-state index contributed by atoms with van der Waals surface area (Å²) >= 11 is 0. The number of halogens is 1. The van der Waals surface area contributed by atoms with Crippen molar-refractivity contribution in [3.05, 3.63) is 29.1 Å². The summed E-state index contributed by atoms with van der Waals surface area (Å²) in [5, 5.41) is 19.2. The third kappa shape index (κ3) is 3.70. The van der Waals surface area contributed by atoms with Crippen LogP contribution in [0.4, 0.5) is 10.1 Å². The molecule has 3 nitrogen and oxygen atoms in total. The molecule has 0 radical (unpaired) electrons. The molecule has 0 aliphatic carbocycles. The Morgan fingerprint density at radius 3 is 2.30 bits per heavy atom. The Labute approximate surface area is 121 Å². The molecule has 0 heterocycles. The van der Waals surface area contributed by atoms with E-state index in [4.69, 9.17) is 0 Å². The molecule has 4 heteroatoms. The van der Waals surface area contributed by atoms with E-state index >= 15 is 0 Å². The number of aliphatic hydroxyl groups excluding tert-OH is 2. The van der Waals surface area contributed by atoms with Gasteiger partial charge in [-0.15, -0.1) is 0 Å². The van der Waals surface area contributed by atoms with Gasteiger partial charge in [-0.3, -0.25) is 0 Å². The standard InChI is InChI=1S/C16H26FNO2/c1-5-13(6-2)18(7-8-19)16-9-11(3)15(17)10-14(16)12(4)20/h9-10,12-13,19-20H,5-8H2,1-4H3. The second-order valence-corrected chi connectivity index (χ2v) is 5.22. The summed E-state index contributed by atoms with van der Waals surface area (Å²) in [6.45, 7) is 8.06. The van der Waals surface area contributed by atoms with Crippen LogP contribution in [0.15, 0.2) is 12.1 Å². The minimum atomic E-state index is -0.740. The van der Waals surface area contributed by atoms with Crippen molar-refractivity contribution >= 4 is 5.69 Å². The highest BCUT2D eigenvalue weighted by molar-refractivity contribution is 5.57. The zero-order chi connectivity index (χ0) is 15.3. The van der Waals surface area contributed by atoms with Gasteiger partial charge in [0.05, 0.1) is 12.7 Å². The Bertz CT molecular complexity index is 431. The molecule has 0 bridgehead atoms. The number of hydrogen-bond donors (Lipinski definition) is 2. The van der Waals surface area contributed by atoms with Crippen LogP contribution in [0.25, 0.3) is 0 Å². The van der Waals surface area contributed by atoms with Gasteiger partial charge in [0.25, 0.3) is 0 Å². The third-order valence-electron chi connectivity index (χ3n) is 3.79. The number of hydrogen-bond acceptors (Lipinski definition) is 3. The second kappa shape index (κ2) is 7.60. The number of nitrogens with zero attached hydrogens (tertiary/aromatic N) is 1. The fourth-order valence-electron chi connectivity index (χ4n) is 2.60. The van der Waals surface area contributed by atoms with Gasteiger partial charge in [-0.25, -0.2) is 4.39 Å². The molecule has 20 heavy (non-hydrogen) atoms. The van der Waals surface area contributed by atoms with Crippen LogP contribution in [0.2, 0.25) is 0 Å². The van der Waals surface area contributed by atoms with E-state index in [0.29, 0.717) is 17.7 Å². The molecule has 1 aromatic carbocycles. The number of aryl methyl sites for hydroxylation is 1. The lowest BCUT2D eigenvalue weighted by atomic mass is 10.0. The average Bonchev–Trinajstić information content (AvgIpc) is 2.41. The van der Waals surface area contributed by atoms with Crippen molar-refractivity contribution in [2.24, 2.45) is 0 Å². The second-order valence-electron chi connectivity index (χ2n) is 5.22. The van der Waals surface area contributed by atoms with E-state index in [1.807, 2.05) is 0 Å². The average molecular weight is 283 g/mol. The summed E-state index contributed by atoms with van der Waals surface area (Å²) in [6, 6.07) is 3.44. The molecular formula is C16H26FNO2. The van der Waals surface area contributed by atoms with Crippen molar-refractivity contribution in [1.29, 1.82) is 0 Å². The molecule has 1 rings (SSSR count). The predicted octanol–water partition coefficient (Wildman–Crippen LogP) is 3.17. The van der Waals surface area contributed by atoms with Crippen LogP contribution in [-0.2, 0) is 0 Å². The lowest BCUT2D eigenvalue weighted by Gasteiger charge is -2.34. The van der Waals surface area contributed by atoms with E-state index in [9.17, 15) is 14.6 Å². The summed E-state index contributed by atoms with van der Waals surface area (Å²) in [4.78, 5) is 2.08. The number of benzene rings is 1. The van der Waals surface area contributed by atoms with Gasteiger partial charge in [0.15, 0.2) is 0 Å². The van der Waals surface area contributed by atoms with E-state index in [1.54, 1.807) is 19.9 Å². The molecule has 114 valence electrons. The van der Waals surface area contributed by atoms with Gasteiger partial charge < -0.3 is 15.1 Å². The Morgan fingerprint density at radius 2 is 1.85 bits per heavy atom. The van der Waals surface area contributed by atoms with Gasteiger partial charge in [0, 0.05) is 23.8 Å². The summed E-state index contributed by atoms with van der Waals surface area (Å²) in [5.74, 6) is -0.307. The van der Waals surface area contributed by atoms with Crippen LogP contribution in [0.1, 0.15) is 50.8 Å². The van der Waals surface area contributed by atoms with Crippen LogP contribution >= 0.6 is 0 Å². The van der Waals surface area contributed by atoms with Crippen LogP contribution in [-0.4, -0.2) is 29.4 Å². The van der Waals surface area contributed by atoms with Gasteiger partial charge in [-0.2, -0.15) is 0 Å². The molecule has 0 saturated heterocycles. The van der Waals surface area contributed by atoms with E-state index < -0.39 is 6.10 Å². The van der Waals surface area contributed by atoms with Crippen molar-refractivity contribution in [2.75, 3.05) is 18.1 Å². The fraction of sp³-hybridized carbons (Fsp3) is 0.625. The van der Waals surface area contributed by atoms with Gasteiger partial charge in [-0.1, -0.05) is 13.8 Å². The van der Waals surface area contributed by atoms with Gasteiger partial charge in [-0.05, 0) is 44.4 Å². The van der Waals surface area contributed by atoms with Crippen molar-refractivity contribution in [3.63, 3.8) is 0 Å². The lowest BCUT2D eigenvalue weighted by molar-refractivity contribution is 0.198. The topological polar surface area (TPSA) is 43.7 Å². The Balaban J connectivity index is 3.33. The quantitative estimate of drug-likeness (QED) is 0.808. The van der Waals surface area contributed by atoms with Crippen molar-refractivity contribution in [1.82, 2.24) is 0 Å². The van der Waals surface area contributed by atoms with Gasteiger partial charge >= 0.3 is 0 Å². The fourth-order valence-corrected chi connectivity index (χ4v) is 2.60. The first-order valence-corrected chi connectivity index (χ1v) is 7.31. The number of rotatable bonds is 7. The van der Waals surface area contributed by atoms with Crippen LogP contribution in [0.5, 0.6) is 0 Å². The Hall–Kier alpha value is -1.13. The minimum absolute atomic E-state index is 0.0339. The highest BCUT2D eigenvalue weighted by Gasteiger charge is 2.21. The molecular weight excluding hydrogens is 257 g/mol. The van der Waals surface area contributed by atoms with Crippen LogP contribution < -0.4 is 4.90 Å². The molecule has 0 spiro atoms. The maximum atomic E-state index is 13.8. The van der Waals surface area contributed by atoms with Crippen LogP contribution in [0.3, 0.4) is 0 Å². The van der Waals surface area contributed by atoms with Crippen LogP contribution in [0, 0.1) is 12.7 Å². The van der Waals surface area contributed by atoms with E-state index in [1.165, 1.54) is 6.07 Å². The first-order valence-electron chi connectivity index (χ1n) is 7.31. The Kier molecular flexibility index (Phi) is 6.43. The molecule has 0 saturated carbocycles. The molecule has 0 amide bonds. The molecule has 1 aromatic rings. The molecule has 2 N–H and O–H groups in total. The minimum Gasteiger partial charge on any atom is -0.395 e. The summed E-state index contributed by atoms with van der Waals surface area (Å²) < 4.78 is 13.8. The molecule has 1 unspecified atom stereocenters. The van der Waals surface area contributed by atoms with E-state index in [2.05, 4.69) is 18.7 Å². The zero-order valence-electron chi connectivity index (χ0n) is 12.9. The van der Waals surface area contributed by atoms with Crippen molar-refractivity contribution in [2.45, 2.75) is 52.7 Å². The molecule has 0 aliphatic rings. The number of aliphatic hydroxyl groups is 2. The van der Waals surface area contributed by atoms with Gasteiger partial charge in [0.1, 0.15) is 5.82 Å². The predicted molar refractivity (Wildman–Crippen MR) is 80.6 cm³/mol. The first-order chi connectivity index (χ1) is 9.46. The molecule has 0 aliphatic heterocycles.